The molecule has 182 valence electrons. The van der Waals surface area contributed by atoms with E-state index in [-0.39, 0.29) is 5.56 Å². The lowest BCUT2D eigenvalue weighted by molar-refractivity contribution is 0.100. The Bertz CT molecular complexity index is 1180. The first-order valence-electron chi connectivity index (χ1n) is 12.0. The van der Waals surface area contributed by atoms with E-state index in [0.29, 0.717) is 35.1 Å². The second-order valence-corrected chi connectivity index (χ2v) is 9.17. The van der Waals surface area contributed by atoms with E-state index in [4.69, 9.17) is 10.5 Å². The molecule has 3 aromatic rings. The zero-order valence-electron chi connectivity index (χ0n) is 19.9. The van der Waals surface area contributed by atoms with Gasteiger partial charge in [-0.3, -0.25) is 4.79 Å². The van der Waals surface area contributed by atoms with Crippen LogP contribution in [0.15, 0.2) is 54.9 Å². The van der Waals surface area contributed by atoms with Crippen LogP contribution in [0.3, 0.4) is 0 Å². The Morgan fingerprint density at radius 3 is 2.54 bits per heavy atom. The van der Waals surface area contributed by atoms with Crippen LogP contribution in [0, 0.1) is 5.41 Å². The highest BCUT2D eigenvalue weighted by Crippen LogP contribution is 2.41. The normalized spacial score (nSPS) is 16.4. The second-order valence-electron chi connectivity index (χ2n) is 9.17. The van der Waals surface area contributed by atoms with Gasteiger partial charge in [-0.25, -0.2) is 9.97 Å². The van der Waals surface area contributed by atoms with Gasteiger partial charge in [0.25, 0.3) is 5.91 Å². The Kier molecular flexibility index (Phi) is 6.41. The van der Waals surface area contributed by atoms with Crippen LogP contribution in [-0.2, 0) is 0 Å². The molecule has 1 amide bonds. The smallest absolute Gasteiger partial charge is 0.252 e. The number of rotatable bonds is 8. The van der Waals surface area contributed by atoms with Crippen molar-refractivity contribution in [1.82, 2.24) is 15.3 Å². The van der Waals surface area contributed by atoms with E-state index in [1.165, 1.54) is 19.0 Å². The van der Waals surface area contributed by atoms with E-state index in [1.807, 2.05) is 43.5 Å². The van der Waals surface area contributed by atoms with Crippen molar-refractivity contribution in [3.8, 4) is 5.75 Å². The molecule has 1 spiro atoms. The Balaban J connectivity index is 1.29. The van der Waals surface area contributed by atoms with Crippen molar-refractivity contribution in [2.45, 2.75) is 19.8 Å². The molecule has 9 heteroatoms. The molecule has 5 N–H and O–H groups in total. The summed E-state index contributed by atoms with van der Waals surface area (Å²) >= 11 is 0. The van der Waals surface area contributed by atoms with E-state index in [0.717, 1.165) is 37.6 Å². The Morgan fingerprint density at radius 2 is 1.83 bits per heavy atom. The first-order valence-corrected chi connectivity index (χ1v) is 12.0. The summed E-state index contributed by atoms with van der Waals surface area (Å²) in [6.45, 7) is 6.87. The van der Waals surface area contributed by atoms with Crippen LogP contribution in [0.1, 0.15) is 30.1 Å². The van der Waals surface area contributed by atoms with Crippen LogP contribution in [0.2, 0.25) is 0 Å². The number of hydrogen-bond acceptors (Lipinski definition) is 8. The van der Waals surface area contributed by atoms with Gasteiger partial charge in [-0.1, -0.05) is 12.1 Å². The lowest BCUT2D eigenvalue weighted by Crippen LogP contribution is -2.60. The summed E-state index contributed by atoms with van der Waals surface area (Å²) in [5, 5.41) is 9.93. The van der Waals surface area contributed by atoms with Gasteiger partial charge in [-0.05, 0) is 57.1 Å². The van der Waals surface area contributed by atoms with Crippen molar-refractivity contribution in [2.24, 2.45) is 11.1 Å². The van der Waals surface area contributed by atoms with Crippen molar-refractivity contribution in [3.05, 3.63) is 60.4 Å². The molecule has 2 aliphatic rings. The number of aromatic nitrogens is 2. The van der Waals surface area contributed by atoms with Gasteiger partial charge in [0, 0.05) is 30.8 Å². The molecule has 0 saturated carbocycles. The monoisotopic (exact) mass is 473 g/mol. The van der Waals surface area contributed by atoms with Crippen LogP contribution < -0.4 is 31.3 Å². The molecule has 0 aliphatic carbocycles. The highest BCUT2D eigenvalue weighted by Gasteiger charge is 2.43. The van der Waals surface area contributed by atoms with E-state index in [2.05, 4.69) is 36.9 Å². The molecule has 2 fully saturated rings. The molecule has 1 aromatic carbocycles. The van der Waals surface area contributed by atoms with E-state index >= 15 is 0 Å². The number of carbonyl (C=O) groups is 1. The van der Waals surface area contributed by atoms with Crippen molar-refractivity contribution in [1.29, 1.82) is 0 Å². The number of ether oxygens (including phenoxy) is 1. The molecule has 5 rings (SSSR count). The SMILES string of the molecule is CCOc1ccccc1Nc1cc(Nc2ccc(N3CC4(CCNCC4)C3)cn2)ncc1C(N)=O. The first-order chi connectivity index (χ1) is 17.0. The minimum atomic E-state index is -0.566. The number of piperidine rings is 1. The largest absolute Gasteiger partial charge is 0.492 e. The summed E-state index contributed by atoms with van der Waals surface area (Å²) in [5.74, 6) is 1.34. The molecular formula is C26H31N7O2. The average molecular weight is 474 g/mol. The highest BCUT2D eigenvalue weighted by molar-refractivity contribution is 5.99. The molecule has 2 aliphatic heterocycles. The zero-order chi connectivity index (χ0) is 24.3. The Labute approximate surface area is 205 Å². The number of carbonyl (C=O) groups excluding carboxylic acids is 1. The van der Waals surface area contributed by atoms with E-state index in [9.17, 15) is 4.79 Å². The number of nitrogens with zero attached hydrogens (tertiary/aromatic N) is 3. The number of para-hydroxylation sites is 2. The standard InChI is InChI=1S/C26H31N7O2/c1-2-35-22-6-4-3-5-20(22)31-21-13-24(30-15-19(21)25(27)34)32-23-8-7-18(14-29-23)33-16-26(17-33)9-11-28-12-10-26/h3-8,13-15,28H,2,9-12,16-17H2,1H3,(H2,27,34)(H2,29,30,31,32). The number of hydrogen-bond donors (Lipinski definition) is 4. The van der Waals surface area contributed by atoms with Gasteiger partial charge in [0.1, 0.15) is 17.4 Å². The van der Waals surface area contributed by atoms with Gasteiger partial charge in [0.15, 0.2) is 0 Å². The van der Waals surface area contributed by atoms with Crippen LogP contribution in [0.4, 0.5) is 28.7 Å². The molecule has 4 heterocycles. The van der Waals surface area contributed by atoms with Gasteiger partial charge in [0.05, 0.1) is 35.4 Å². The number of anilines is 5. The maximum atomic E-state index is 12.0. The molecular weight excluding hydrogens is 442 g/mol. The lowest BCUT2D eigenvalue weighted by atomic mass is 9.72. The second kappa shape index (κ2) is 9.79. The molecule has 0 unspecified atom stereocenters. The maximum Gasteiger partial charge on any atom is 0.252 e. The summed E-state index contributed by atoms with van der Waals surface area (Å²) in [6.07, 6.45) is 5.85. The summed E-state index contributed by atoms with van der Waals surface area (Å²) in [4.78, 5) is 23.3. The molecule has 0 radical (unpaired) electrons. The van der Waals surface area contributed by atoms with Crippen LogP contribution in [0.25, 0.3) is 0 Å². The Morgan fingerprint density at radius 1 is 1.06 bits per heavy atom. The molecule has 0 atom stereocenters. The van der Waals surface area contributed by atoms with Crippen LogP contribution in [0.5, 0.6) is 5.75 Å². The van der Waals surface area contributed by atoms with Gasteiger partial charge in [-0.15, -0.1) is 0 Å². The predicted octanol–water partition coefficient (Wildman–Crippen LogP) is 3.65. The van der Waals surface area contributed by atoms with Gasteiger partial charge in [-0.2, -0.15) is 0 Å². The first kappa shape index (κ1) is 22.9. The van der Waals surface area contributed by atoms with E-state index < -0.39 is 5.91 Å². The number of amides is 1. The van der Waals surface area contributed by atoms with Crippen molar-refractivity contribution in [2.75, 3.05) is 48.3 Å². The summed E-state index contributed by atoms with van der Waals surface area (Å²) < 4.78 is 5.69. The fourth-order valence-electron chi connectivity index (χ4n) is 4.82. The third kappa shape index (κ3) is 5.00. The third-order valence-corrected chi connectivity index (χ3v) is 6.71. The summed E-state index contributed by atoms with van der Waals surface area (Å²) in [5.41, 5.74) is 8.75. The third-order valence-electron chi connectivity index (χ3n) is 6.71. The number of nitrogens with two attached hydrogens (primary N) is 1. The fraction of sp³-hybridized carbons (Fsp3) is 0.346. The topological polar surface area (TPSA) is 117 Å². The van der Waals surface area contributed by atoms with Crippen LogP contribution in [-0.4, -0.2) is 48.7 Å². The fourth-order valence-corrected chi connectivity index (χ4v) is 4.82. The zero-order valence-corrected chi connectivity index (χ0v) is 19.9. The summed E-state index contributed by atoms with van der Waals surface area (Å²) in [6, 6.07) is 13.3. The van der Waals surface area contributed by atoms with Gasteiger partial charge in [0.2, 0.25) is 0 Å². The molecule has 9 nitrogen and oxygen atoms in total. The number of nitrogens with one attached hydrogen (secondary N) is 3. The average Bonchev–Trinajstić information content (AvgIpc) is 2.85. The molecule has 0 bridgehead atoms. The summed E-state index contributed by atoms with van der Waals surface area (Å²) in [7, 11) is 0. The quantitative estimate of drug-likeness (QED) is 0.392. The maximum absolute atomic E-state index is 12.0. The number of primary amides is 1. The minimum Gasteiger partial charge on any atom is -0.492 e. The number of pyridine rings is 2. The Hall–Kier alpha value is -3.85. The predicted molar refractivity (Wildman–Crippen MR) is 138 cm³/mol. The minimum absolute atomic E-state index is 0.287. The highest BCUT2D eigenvalue weighted by atomic mass is 16.5. The molecule has 2 saturated heterocycles. The van der Waals surface area contributed by atoms with Crippen molar-refractivity contribution < 1.29 is 9.53 Å². The van der Waals surface area contributed by atoms with Crippen LogP contribution >= 0.6 is 0 Å². The molecule has 35 heavy (non-hydrogen) atoms. The van der Waals surface area contributed by atoms with Crippen molar-refractivity contribution in [3.63, 3.8) is 0 Å². The molecule has 2 aromatic heterocycles. The van der Waals surface area contributed by atoms with Gasteiger partial charge < -0.3 is 31.3 Å². The number of benzene rings is 1. The van der Waals surface area contributed by atoms with Gasteiger partial charge >= 0.3 is 0 Å². The van der Waals surface area contributed by atoms with Crippen molar-refractivity contribution >= 4 is 34.6 Å². The van der Waals surface area contributed by atoms with E-state index in [1.54, 1.807) is 6.07 Å². The lowest BCUT2D eigenvalue weighted by Gasteiger charge is -2.53.